The molecular weight excluding hydrogens is 242 g/mol. The maximum Gasteiger partial charge on any atom is 0.245 e. The summed E-state index contributed by atoms with van der Waals surface area (Å²) in [5, 5.41) is 21.5. The van der Waals surface area contributed by atoms with Gasteiger partial charge < -0.3 is 15.3 Å². The van der Waals surface area contributed by atoms with Crippen molar-refractivity contribution >= 4 is 11.6 Å². The zero-order chi connectivity index (χ0) is 13.8. The fourth-order valence-electron chi connectivity index (χ4n) is 2.33. The summed E-state index contributed by atoms with van der Waals surface area (Å²) >= 11 is 0. The first-order chi connectivity index (χ1) is 9.17. The number of hydrogen-bond donors (Lipinski definition) is 2. The minimum Gasteiger partial charge on any atom is -0.394 e. The molecule has 0 aromatic heterocycles. The van der Waals surface area contributed by atoms with E-state index in [4.69, 9.17) is 0 Å². The first-order valence-electron chi connectivity index (χ1n) is 6.31. The Labute approximate surface area is 112 Å². The third-order valence-electron chi connectivity index (χ3n) is 3.32. The summed E-state index contributed by atoms with van der Waals surface area (Å²) in [6.45, 7) is 2.98. The smallest absolute Gasteiger partial charge is 0.245 e. The second kappa shape index (κ2) is 5.72. The Morgan fingerprint density at radius 1 is 1.53 bits per heavy atom. The number of anilines is 1. The van der Waals surface area contributed by atoms with Crippen molar-refractivity contribution in [2.75, 3.05) is 24.6 Å². The Balaban J connectivity index is 2.43. The van der Waals surface area contributed by atoms with Crippen LogP contribution in [0, 0.1) is 17.2 Å². The summed E-state index contributed by atoms with van der Waals surface area (Å²) in [7, 11) is 0. The predicted molar refractivity (Wildman–Crippen MR) is 71.6 cm³/mol. The Morgan fingerprint density at radius 2 is 2.26 bits per heavy atom. The van der Waals surface area contributed by atoms with E-state index < -0.39 is 6.04 Å². The van der Waals surface area contributed by atoms with Crippen molar-refractivity contribution in [1.29, 1.82) is 5.26 Å². The average Bonchev–Trinajstić information content (AvgIpc) is 2.58. The van der Waals surface area contributed by atoms with Crippen molar-refractivity contribution in [2.24, 2.45) is 5.92 Å². The van der Waals surface area contributed by atoms with Crippen LogP contribution in [0.3, 0.4) is 0 Å². The minimum absolute atomic E-state index is 0.195. The molecule has 5 heteroatoms. The van der Waals surface area contributed by atoms with Gasteiger partial charge in [0, 0.05) is 13.1 Å². The summed E-state index contributed by atoms with van der Waals surface area (Å²) in [4.78, 5) is 13.8. The third kappa shape index (κ3) is 2.69. The lowest BCUT2D eigenvalue weighted by Gasteiger charge is -2.30. The Kier molecular flexibility index (Phi) is 4.03. The molecule has 0 bridgehead atoms. The number of hydrogen-bond acceptors (Lipinski definition) is 4. The highest BCUT2D eigenvalue weighted by atomic mass is 16.3. The topological polar surface area (TPSA) is 76.4 Å². The van der Waals surface area contributed by atoms with E-state index in [1.165, 1.54) is 0 Å². The zero-order valence-corrected chi connectivity index (χ0v) is 10.8. The minimum atomic E-state index is -0.639. The van der Waals surface area contributed by atoms with Gasteiger partial charge in [0.25, 0.3) is 0 Å². The van der Waals surface area contributed by atoms with Crippen LogP contribution in [0.25, 0.3) is 0 Å². The Hall–Kier alpha value is -2.06. The first-order valence-corrected chi connectivity index (χ1v) is 6.31. The molecule has 2 N–H and O–H groups in total. The lowest BCUT2D eigenvalue weighted by Crippen LogP contribution is -2.47. The molecule has 100 valence electrons. The highest BCUT2D eigenvalue weighted by Crippen LogP contribution is 2.24. The van der Waals surface area contributed by atoms with Crippen LogP contribution in [0.2, 0.25) is 0 Å². The zero-order valence-electron chi connectivity index (χ0n) is 10.8. The lowest BCUT2D eigenvalue weighted by molar-refractivity contribution is -0.122. The maximum atomic E-state index is 12.0. The van der Waals surface area contributed by atoms with Gasteiger partial charge in [0.05, 0.1) is 17.9 Å². The molecule has 1 aromatic rings. The largest absolute Gasteiger partial charge is 0.394 e. The normalized spacial score (nSPS) is 23.4. The lowest BCUT2D eigenvalue weighted by atomic mass is 10.1. The fourth-order valence-corrected chi connectivity index (χ4v) is 2.33. The van der Waals surface area contributed by atoms with Crippen molar-refractivity contribution < 1.29 is 9.90 Å². The summed E-state index contributed by atoms with van der Waals surface area (Å²) < 4.78 is 0. The van der Waals surface area contributed by atoms with Gasteiger partial charge in [-0.25, -0.2) is 0 Å². The van der Waals surface area contributed by atoms with Crippen molar-refractivity contribution in [3.63, 3.8) is 0 Å². The molecule has 5 nitrogen and oxygen atoms in total. The molecule has 19 heavy (non-hydrogen) atoms. The molecule has 1 aliphatic rings. The van der Waals surface area contributed by atoms with Gasteiger partial charge in [-0.1, -0.05) is 19.1 Å². The number of amides is 1. The quantitative estimate of drug-likeness (QED) is 0.810. The van der Waals surface area contributed by atoms with Crippen molar-refractivity contribution in [3.05, 3.63) is 29.8 Å². The second-order valence-electron chi connectivity index (χ2n) is 4.83. The highest BCUT2D eigenvalue weighted by Gasteiger charge is 2.31. The van der Waals surface area contributed by atoms with Gasteiger partial charge in [0.1, 0.15) is 12.1 Å². The number of aliphatic hydroxyl groups is 1. The predicted octanol–water partition coefficient (Wildman–Crippen LogP) is 0.491. The third-order valence-corrected chi connectivity index (χ3v) is 3.32. The number of rotatable bonds is 2. The molecule has 0 aliphatic carbocycles. The van der Waals surface area contributed by atoms with Crippen LogP contribution >= 0.6 is 0 Å². The molecule has 0 radical (unpaired) electrons. The molecule has 1 heterocycles. The molecule has 0 saturated carbocycles. The van der Waals surface area contributed by atoms with Crippen LogP contribution in [-0.2, 0) is 4.79 Å². The van der Waals surface area contributed by atoms with E-state index in [0.29, 0.717) is 24.3 Å². The molecule has 1 fully saturated rings. The maximum absolute atomic E-state index is 12.0. The van der Waals surface area contributed by atoms with E-state index >= 15 is 0 Å². The van der Waals surface area contributed by atoms with Gasteiger partial charge in [-0.3, -0.25) is 4.79 Å². The number of carbonyl (C=O) groups is 1. The van der Waals surface area contributed by atoms with Gasteiger partial charge >= 0.3 is 0 Å². The molecular formula is C14H17N3O2. The van der Waals surface area contributed by atoms with E-state index in [-0.39, 0.29) is 18.4 Å². The molecule has 1 saturated heterocycles. The van der Waals surface area contributed by atoms with Gasteiger partial charge in [-0.2, -0.15) is 5.26 Å². The first kappa shape index (κ1) is 13.4. The number of para-hydroxylation sites is 1. The second-order valence-corrected chi connectivity index (χ2v) is 4.83. The molecule has 2 unspecified atom stereocenters. The molecule has 1 aromatic carbocycles. The van der Waals surface area contributed by atoms with Gasteiger partial charge in [-0.05, 0) is 18.1 Å². The molecule has 0 spiro atoms. The van der Waals surface area contributed by atoms with E-state index in [0.717, 1.165) is 0 Å². The van der Waals surface area contributed by atoms with Crippen LogP contribution in [0.5, 0.6) is 0 Å². The van der Waals surface area contributed by atoms with Crippen LogP contribution in [0.1, 0.15) is 12.5 Å². The Bertz CT molecular complexity index is 510. The van der Waals surface area contributed by atoms with Gasteiger partial charge in [0.2, 0.25) is 5.91 Å². The number of benzene rings is 1. The van der Waals surface area contributed by atoms with Crippen molar-refractivity contribution in [1.82, 2.24) is 5.32 Å². The number of nitriles is 1. The SMILES string of the molecule is CC1CNC(=O)C(CO)N(c2ccccc2C#N)C1. The number of carbonyl (C=O) groups excluding carboxylic acids is 1. The van der Waals surface area contributed by atoms with E-state index in [1.807, 2.05) is 24.0 Å². The number of nitrogens with one attached hydrogen (secondary N) is 1. The number of nitrogens with zero attached hydrogens (tertiary/aromatic N) is 2. The number of aliphatic hydroxyl groups excluding tert-OH is 1. The van der Waals surface area contributed by atoms with E-state index in [1.54, 1.807) is 12.1 Å². The fraction of sp³-hybridized carbons (Fsp3) is 0.429. The van der Waals surface area contributed by atoms with Crippen LogP contribution in [0.15, 0.2) is 24.3 Å². The van der Waals surface area contributed by atoms with Crippen LogP contribution in [0.4, 0.5) is 5.69 Å². The summed E-state index contributed by atoms with van der Waals surface area (Å²) in [5.74, 6) is 0.0619. The molecule has 2 atom stereocenters. The van der Waals surface area contributed by atoms with Crippen molar-refractivity contribution in [3.8, 4) is 6.07 Å². The van der Waals surface area contributed by atoms with E-state index in [9.17, 15) is 15.2 Å². The summed E-state index contributed by atoms with van der Waals surface area (Å²) in [5.41, 5.74) is 1.22. The van der Waals surface area contributed by atoms with Crippen molar-refractivity contribution in [2.45, 2.75) is 13.0 Å². The average molecular weight is 259 g/mol. The summed E-state index contributed by atoms with van der Waals surface area (Å²) in [6, 6.07) is 8.65. The highest BCUT2D eigenvalue weighted by molar-refractivity contribution is 5.86. The van der Waals surface area contributed by atoms with E-state index in [2.05, 4.69) is 11.4 Å². The monoisotopic (exact) mass is 259 g/mol. The van der Waals surface area contributed by atoms with Gasteiger partial charge in [0.15, 0.2) is 0 Å². The molecule has 1 amide bonds. The summed E-state index contributed by atoms with van der Waals surface area (Å²) in [6.07, 6.45) is 0. The van der Waals surface area contributed by atoms with Gasteiger partial charge in [-0.15, -0.1) is 0 Å². The standard InChI is InChI=1S/C14H17N3O2/c1-10-7-16-14(19)13(9-18)17(8-10)12-5-3-2-4-11(12)6-15/h2-5,10,13,18H,7-9H2,1H3,(H,16,19). The Morgan fingerprint density at radius 3 is 2.95 bits per heavy atom. The molecule has 2 rings (SSSR count). The molecule has 1 aliphatic heterocycles. The van der Waals surface area contributed by atoms with Crippen LogP contribution in [-0.4, -0.2) is 36.8 Å². The van der Waals surface area contributed by atoms with Crippen LogP contribution < -0.4 is 10.2 Å².